The van der Waals surface area contributed by atoms with Crippen molar-refractivity contribution in [1.29, 1.82) is 0 Å². The zero-order valence-corrected chi connectivity index (χ0v) is 11.4. The zero-order valence-electron chi connectivity index (χ0n) is 11.4. The monoisotopic (exact) mass is 258 g/mol. The van der Waals surface area contributed by atoms with Crippen LogP contribution in [0.4, 0.5) is 0 Å². The van der Waals surface area contributed by atoms with Crippen LogP contribution in [0.3, 0.4) is 0 Å². The molecule has 0 aliphatic heterocycles. The van der Waals surface area contributed by atoms with E-state index < -0.39 is 11.4 Å². The highest BCUT2D eigenvalue weighted by Gasteiger charge is 2.27. The van der Waals surface area contributed by atoms with E-state index in [2.05, 4.69) is 10.2 Å². The fourth-order valence-electron chi connectivity index (χ4n) is 2.14. The van der Waals surface area contributed by atoms with E-state index >= 15 is 0 Å². The van der Waals surface area contributed by atoms with Crippen LogP contribution in [0.15, 0.2) is 30.6 Å². The Morgan fingerprint density at radius 1 is 1.42 bits per heavy atom. The van der Waals surface area contributed by atoms with Gasteiger partial charge in [0.1, 0.15) is 0 Å². The number of hydrogen-bond donors (Lipinski definition) is 2. The number of aliphatic carboxylic acids is 1. The first kappa shape index (κ1) is 13.3. The Morgan fingerprint density at radius 3 is 2.68 bits per heavy atom. The number of nitrogens with zero attached hydrogens (tertiary/aromatic N) is 1. The Kier molecular flexibility index (Phi) is 3.42. The quantitative estimate of drug-likeness (QED) is 0.885. The number of nitrogens with one attached hydrogen (secondary N) is 1. The standard InChI is InChI=1S/C15H18N2O2/c1-10-6-11(7-15(2,3)14(18)19)4-5-13(10)12-8-16-17-9-12/h4-6,8-9H,7H2,1-3H3,(H,16,17)(H,18,19). The average Bonchev–Trinajstić information content (AvgIpc) is 2.81. The highest BCUT2D eigenvalue weighted by molar-refractivity contribution is 5.74. The van der Waals surface area contributed by atoms with E-state index in [0.29, 0.717) is 6.42 Å². The van der Waals surface area contributed by atoms with E-state index in [1.54, 1.807) is 20.0 Å². The fourth-order valence-corrected chi connectivity index (χ4v) is 2.14. The van der Waals surface area contributed by atoms with Crippen molar-refractivity contribution < 1.29 is 9.90 Å². The first-order chi connectivity index (χ1) is 8.90. The molecule has 0 atom stereocenters. The largest absolute Gasteiger partial charge is 0.481 e. The Hall–Kier alpha value is -2.10. The molecule has 19 heavy (non-hydrogen) atoms. The minimum absolute atomic E-state index is 0.523. The Balaban J connectivity index is 2.27. The van der Waals surface area contributed by atoms with Gasteiger partial charge in [-0.25, -0.2) is 0 Å². The highest BCUT2D eigenvalue weighted by atomic mass is 16.4. The minimum atomic E-state index is -0.774. The van der Waals surface area contributed by atoms with Crippen molar-refractivity contribution in [2.24, 2.45) is 5.41 Å². The molecular formula is C15H18N2O2. The number of benzene rings is 1. The van der Waals surface area contributed by atoms with Gasteiger partial charge in [0.15, 0.2) is 0 Å². The van der Waals surface area contributed by atoms with Gasteiger partial charge in [0.05, 0.1) is 11.6 Å². The van der Waals surface area contributed by atoms with Crippen LogP contribution in [-0.4, -0.2) is 21.3 Å². The maximum absolute atomic E-state index is 11.2. The molecule has 0 bridgehead atoms. The molecule has 2 rings (SSSR count). The predicted molar refractivity (Wildman–Crippen MR) is 73.9 cm³/mol. The van der Waals surface area contributed by atoms with Crippen molar-refractivity contribution in [2.75, 3.05) is 0 Å². The molecule has 4 nitrogen and oxygen atoms in total. The Morgan fingerprint density at radius 2 is 2.16 bits per heavy atom. The summed E-state index contributed by atoms with van der Waals surface area (Å²) in [6.45, 7) is 5.52. The van der Waals surface area contributed by atoms with Crippen molar-refractivity contribution in [2.45, 2.75) is 27.2 Å². The lowest BCUT2D eigenvalue weighted by molar-refractivity contribution is -0.146. The van der Waals surface area contributed by atoms with Crippen LogP contribution in [0.2, 0.25) is 0 Å². The van der Waals surface area contributed by atoms with Gasteiger partial charge in [0.25, 0.3) is 0 Å². The number of aromatic amines is 1. The van der Waals surface area contributed by atoms with E-state index in [-0.39, 0.29) is 0 Å². The molecule has 0 amide bonds. The Bertz CT molecular complexity index is 586. The molecule has 0 saturated heterocycles. The second kappa shape index (κ2) is 4.88. The van der Waals surface area contributed by atoms with E-state index in [1.165, 1.54) is 0 Å². The summed E-state index contributed by atoms with van der Waals surface area (Å²) >= 11 is 0. The van der Waals surface area contributed by atoms with Gasteiger partial charge >= 0.3 is 5.97 Å². The molecule has 100 valence electrons. The van der Waals surface area contributed by atoms with Gasteiger partial charge in [0, 0.05) is 11.8 Å². The first-order valence-corrected chi connectivity index (χ1v) is 6.22. The van der Waals surface area contributed by atoms with Crippen molar-refractivity contribution in [3.05, 3.63) is 41.7 Å². The lowest BCUT2D eigenvalue weighted by atomic mass is 9.85. The number of rotatable bonds is 4. The van der Waals surface area contributed by atoms with Crippen LogP contribution in [0, 0.1) is 12.3 Å². The second-order valence-electron chi connectivity index (χ2n) is 5.50. The van der Waals surface area contributed by atoms with Crippen LogP contribution in [0.5, 0.6) is 0 Å². The summed E-state index contributed by atoms with van der Waals surface area (Å²) in [5.74, 6) is -0.774. The van der Waals surface area contributed by atoms with Crippen LogP contribution >= 0.6 is 0 Å². The lowest BCUT2D eigenvalue weighted by Gasteiger charge is -2.19. The van der Waals surface area contributed by atoms with Gasteiger partial charge in [-0.3, -0.25) is 9.89 Å². The number of carboxylic acid groups (broad SMARTS) is 1. The summed E-state index contributed by atoms with van der Waals surface area (Å²) in [6.07, 6.45) is 4.15. The molecule has 0 saturated carbocycles. The van der Waals surface area contributed by atoms with Gasteiger partial charge in [-0.1, -0.05) is 18.2 Å². The number of carboxylic acids is 1. The van der Waals surface area contributed by atoms with Gasteiger partial charge in [-0.2, -0.15) is 5.10 Å². The summed E-state index contributed by atoms with van der Waals surface area (Å²) in [5.41, 5.74) is 3.58. The molecule has 0 fully saturated rings. The van der Waals surface area contributed by atoms with E-state index in [0.717, 1.165) is 22.3 Å². The van der Waals surface area contributed by atoms with Crippen LogP contribution in [0.1, 0.15) is 25.0 Å². The summed E-state index contributed by atoms with van der Waals surface area (Å²) in [7, 11) is 0. The van der Waals surface area contributed by atoms with E-state index in [1.807, 2.05) is 31.3 Å². The SMILES string of the molecule is Cc1cc(CC(C)(C)C(=O)O)ccc1-c1cn[nH]c1. The summed E-state index contributed by atoms with van der Waals surface area (Å²) in [5, 5.41) is 15.9. The molecule has 0 spiro atoms. The van der Waals surface area contributed by atoms with Crippen molar-refractivity contribution in [1.82, 2.24) is 10.2 Å². The first-order valence-electron chi connectivity index (χ1n) is 6.22. The molecule has 0 aliphatic carbocycles. The molecule has 1 aromatic heterocycles. The number of carbonyl (C=O) groups is 1. The molecule has 2 aromatic rings. The smallest absolute Gasteiger partial charge is 0.309 e. The molecule has 1 heterocycles. The summed E-state index contributed by atoms with van der Waals surface area (Å²) in [6, 6.07) is 6.06. The van der Waals surface area contributed by atoms with Crippen molar-refractivity contribution in [3.63, 3.8) is 0 Å². The molecule has 2 N–H and O–H groups in total. The number of H-pyrrole nitrogens is 1. The van der Waals surface area contributed by atoms with Gasteiger partial charge in [-0.05, 0) is 43.9 Å². The normalized spacial score (nSPS) is 11.5. The minimum Gasteiger partial charge on any atom is -0.481 e. The van der Waals surface area contributed by atoms with Crippen molar-refractivity contribution in [3.8, 4) is 11.1 Å². The van der Waals surface area contributed by atoms with Crippen molar-refractivity contribution >= 4 is 5.97 Å². The topological polar surface area (TPSA) is 66.0 Å². The molecule has 0 aliphatic rings. The van der Waals surface area contributed by atoms with E-state index in [9.17, 15) is 4.79 Å². The third kappa shape index (κ3) is 2.84. The van der Waals surface area contributed by atoms with E-state index in [4.69, 9.17) is 5.11 Å². The second-order valence-corrected chi connectivity index (χ2v) is 5.50. The van der Waals surface area contributed by atoms with Crippen LogP contribution in [-0.2, 0) is 11.2 Å². The molecule has 0 unspecified atom stereocenters. The lowest BCUT2D eigenvalue weighted by Crippen LogP contribution is -2.26. The maximum Gasteiger partial charge on any atom is 0.309 e. The Labute approximate surface area is 112 Å². The van der Waals surface area contributed by atoms with Gasteiger partial charge in [-0.15, -0.1) is 0 Å². The fraction of sp³-hybridized carbons (Fsp3) is 0.333. The van der Waals surface area contributed by atoms with Crippen LogP contribution in [0.25, 0.3) is 11.1 Å². The third-order valence-electron chi connectivity index (χ3n) is 3.33. The zero-order chi connectivity index (χ0) is 14.0. The van der Waals surface area contributed by atoms with Gasteiger partial charge in [0.2, 0.25) is 0 Å². The number of hydrogen-bond acceptors (Lipinski definition) is 2. The summed E-state index contributed by atoms with van der Waals surface area (Å²) < 4.78 is 0. The molecular weight excluding hydrogens is 240 g/mol. The third-order valence-corrected chi connectivity index (χ3v) is 3.33. The average molecular weight is 258 g/mol. The van der Waals surface area contributed by atoms with Crippen LogP contribution < -0.4 is 0 Å². The summed E-state index contributed by atoms with van der Waals surface area (Å²) in [4.78, 5) is 11.2. The number of aryl methyl sites for hydroxylation is 1. The maximum atomic E-state index is 11.2. The number of aromatic nitrogens is 2. The highest BCUT2D eigenvalue weighted by Crippen LogP contribution is 2.27. The molecule has 0 radical (unpaired) electrons. The van der Waals surface area contributed by atoms with Gasteiger partial charge < -0.3 is 5.11 Å². The molecule has 4 heteroatoms. The predicted octanol–water partition coefficient (Wildman–Crippen LogP) is 3.04. The molecule has 1 aromatic carbocycles.